The highest BCUT2D eigenvalue weighted by atomic mass is 16.6. The van der Waals surface area contributed by atoms with E-state index < -0.39 is 23.7 Å². The second kappa shape index (κ2) is 6.40. The Labute approximate surface area is 118 Å². The first-order valence-corrected chi connectivity index (χ1v) is 6.25. The zero-order valence-electron chi connectivity index (χ0n) is 12.5. The molecular weight excluding hydrogens is 262 g/mol. The highest BCUT2D eigenvalue weighted by Crippen LogP contribution is 2.08. The van der Waals surface area contributed by atoms with Crippen molar-refractivity contribution in [3.8, 4) is 0 Å². The second-order valence-electron chi connectivity index (χ2n) is 5.42. The van der Waals surface area contributed by atoms with E-state index in [0.717, 1.165) is 5.69 Å². The van der Waals surface area contributed by atoms with Gasteiger partial charge in [0.15, 0.2) is 0 Å². The maximum atomic E-state index is 11.7. The molecule has 1 rings (SSSR count). The number of carbonyl (C=O) groups is 2. The van der Waals surface area contributed by atoms with Crippen LogP contribution < -0.4 is 5.32 Å². The molecule has 0 fully saturated rings. The number of carbonyl (C=O) groups excluding carboxylic acids is 2. The van der Waals surface area contributed by atoms with Gasteiger partial charge < -0.3 is 19.4 Å². The Morgan fingerprint density at radius 2 is 2.10 bits per heavy atom. The Morgan fingerprint density at radius 1 is 1.45 bits per heavy atom. The maximum Gasteiger partial charge on any atom is 0.408 e. The van der Waals surface area contributed by atoms with Gasteiger partial charge in [0.1, 0.15) is 11.6 Å². The molecule has 1 unspecified atom stereocenters. The number of hydrogen-bond acceptors (Lipinski definition) is 5. The van der Waals surface area contributed by atoms with Crippen molar-refractivity contribution in [2.45, 2.75) is 38.8 Å². The number of nitrogens with zero attached hydrogens (tertiary/aromatic N) is 2. The fourth-order valence-corrected chi connectivity index (χ4v) is 1.58. The number of alkyl carbamates (subject to hydrolysis) is 1. The van der Waals surface area contributed by atoms with Gasteiger partial charge in [0.05, 0.1) is 13.4 Å². The highest BCUT2D eigenvalue weighted by molar-refractivity contribution is 5.81. The van der Waals surface area contributed by atoms with Crippen LogP contribution in [0.25, 0.3) is 0 Å². The molecule has 0 spiro atoms. The predicted molar refractivity (Wildman–Crippen MR) is 72.1 cm³/mol. The average Bonchev–Trinajstić information content (AvgIpc) is 2.70. The fraction of sp³-hybridized carbons (Fsp3) is 0.615. The summed E-state index contributed by atoms with van der Waals surface area (Å²) in [6, 6.07) is -0.815. The standard InChI is InChI=1S/C13H21N3O4/c1-13(2,3)20-12(18)15-10(11(17)19-5)6-9-7-14-8-16(9)4/h7-8,10H,6H2,1-5H3,(H,15,18). The molecule has 0 aromatic carbocycles. The van der Waals surface area contributed by atoms with Crippen LogP contribution in [0.2, 0.25) is 0 Å². The summed E-state index contributed by atoms with van der Waals surface area (Å²) in [5, 5.41) is 2.51. The number of rotatable bonds is 4. The number of aromatic nitrogens is 2. The lowest BCUT2D eigenvalue weighted by Gasteiger charge is -2.22. The molecule has 112 valence electrons. The van der Waals surface area contributed by atoms with E-state index in [1.165, 1.54) is 7.11 Å². The topological polar surface area (TPSA) is 82.5 Å². The summed E-state index contributed by atoms with van der Waals surface area (Å²) < 4.78 is 11.6. The molecule has 0 saturated heterocycles. The van der Waals surface area contributed by atoms with Crippen molar-refractivity contribution >= 4 is 12.1 Å². The monoisotopic (exact) mass is 283 g/mol. The average molecular weight is 283 g/mol. The molecule has 0 aliphatic heterocycles. The van der Waals surface area contributed by atoms with Crippen LogP contribution in [0.15, 0.2) is 12.5 Å². The summed E-state index contributed by atoms with van der Waals surface area (Å²) in [6.07, 6.45) is 2.88. The smallest absolute Gasteiger partial charge is 0.408 e. The van der Waals surface area contributed by atoms with Gasteiger partial charge in [-0.2, -0.15) is 0 Å². The summed E-state index contributed by atoms with van der Waals surface area (Å²) in [7, 11) is 3.08. The number of ether oxygens (including phenoxy) is 2. The first-order valence-electron chi connectivity index (χ1n) is 6.25. The van der Waals surface area contributed by atoms with Gasteiger partial charge in [-0.1, -0.05) is 0 Å². The Bertz CT molecular complexity index is 476. The molecule has 0 bridgehead atoms. The van der Waals surface area contributed by atoms with E-state index in [4.69, 9.17) is 9.47 Å². The van der Waals surface area contributed by atoms with Crippen LogP contribution >= 0.6 is 0 Å². The molecule has 20 heavy (non-hydrogen) atoms. The summed E-state index contributed by atoms with van der Waals surface area (Å²) >= 11 is 0. The summed E-state index contributed by atoms with van der Waals surface area (Å²) in [5.41, 5.74) is 0.175. The number of aryl methyl sites for hydroxylation is 1. The van der Waals surface area contributed by atoms with E-state index >= 15 is 0 Å². The molecule has 0 aliphatic carbocycles. The number of imidazole rings is 1. The van der Waals surface area contributed by atoms with Crippen molar-refractivity contribution in [3.05, 3.63) is 18.2 Å². The van der Waals surface area contributed by atoms with E-state index in [9.17, 15) is 9.59 Å². The minimum absolute atomic E-state index is 0.280. The molecule has 1 aromatic heterocycles. The third kappa shape index (κ3) is 4.91. The van der Waals surface area contributed by atoms with Gasteiger partial charge in [-0.3, -0.25) is 0 Å². The molecule has 1 atom stereocenters. The van der Waals surface area contributed by atoms with Gasteiger partial charge in [0.2, 0.25) is 0 Å². The highest BCUT2D eigenvalue weighted by Gasteiger charge is 2.26. The second-order valence-corrected chi connectivity index (χ2v) is 5.42. The molecule has 1 aromatic rings. The number of hydrogen-bond donors (Lipinski definition) is 1. The SMILES string of the molecule is COC(=O)C(Cc1cncn1C)NC(=O)OC(C)(C)C. The van der Waals surface area contributed by atoms with E-state index in [2.05, 4.69) is 10.3 Å². The van der Waals surface area contributed by atoms with Crippen LogP contribution in [-0.4, -0.2) is 40.4 Å². The van der Waals surface area contributed by atoms with E-state index in [0.29, 0.717) is 0 Å². The summed E-state index contributed by atoms with van der Waals surface area (Å²) in [4.78, 5) is 27.4. The molecule has 7 nitrogen and oxygen atoms in total. The number of amides is 1. The zero-order chi connectivity index (χ0) is 15.3. The third-order valence-electron chi connectivity index (χ3n) is 2.51. The maximum absolute atomic E-state index is 11.7. The van der Waals surface area contributed by atoms with Crippen molar-refractivity contribution in [1.82, 2.24) is 14.9 Å². The van der Waals surface area contributed by atoms with Crippen LogP contribution in [0.5, 0.6) is 0 Å². The predicted octanol–water partition coefficient (Wildman–Crippen LogP) is 1.03. The van der Waals surface area contributed by atoms with Gasteiger partial charge >= 0.3 is 12.1 Å². The number of esters is 1. The third-order valence-corrected chi connectivity index (χ3v) is 2.51. The lowest BCUT2D eigenvalue weighted by atomic mass is 10.1. The van der Waals surface area contributed by atoms with Gasteiger partial charge in [0, 0.05) is 25.4 Å². The molecular formula is C13H21N3O4. The molecule has 0 saturated carbocycles. The molecule has 1 N–H and O–H groups in total. The Kier molecular flexibility index (Phi) is 5.12. The van der Waals surface area contributed by atoms with E-state index in [1.54, 1.807) is 37.9 Å². The number of methoxy groups -OCH3 is 1. The lowest BCUT2D eigenvalue weighted by Crippen LogP contribution is -2.45. The van der Waals surface area contributed by atoms with E-state index in [-0.39, 0.29) is 6.42 Å². The Hall–Kier alpha value is -2.05. The minimum Gasteiger partial charge on any atom is -0.467 e. The first-order chi connectivity index (χ1) is 9.23. The van der Waals surface area contributed by atoms with Crippen molar-refractivity contribution in [2.24, 2.45) is 7.05 Å². The van der Waals surface area contributed by atoms with Crippen molar-refractivity contribution in [1.29, 1.82) is 0 Å². The molecule has 1 heterocycles. The Morgan fingerprint density at radius 3 is 2.55 bits per heavy atom. The first kappa shape index (κ1) is 16.0. The van der Waals surface area contributed by atoms with Crippen LogP contribution in [0.4, 0.5) is 4.79 Å². The minimum atomic E-state index is -0.815. The van der Waals surface area contributed by atoms with Crippen LogP contribution in [0.1, 0.15) is 26.5 Å². The molecule has 1 amide bonds. The van der Waals surface area contributed by atoms with Gasteiger partial charge in [0.25, 0.3) is 0 Å². The van der Waals surface area contributed by atoms with Gasteiger partial charge in [-0.25, -0.2) is 14.6 Å². The van der Waals surface area contributed by atoms with Gasteiger partial charge in [-0.15, -0.1) is 0 Å². The van der Waals surface area contributed by atoms with Crippen molar-refractivity contribution in [2.75, 3.05) is 7.11 Å². The summed E-state index contributed by atoms with van der Waals surface area (Å²) in [5.74, 6) is -0.531. The number of nitrogens with one attached hydrogen (secondary N) is 1. The normalized spacial score (nSPS) is 12.7. The zero-order valence-corrected chi connectivity index (χ0v) is 12.5. The van der Waals surface area contributed by atoms with E-state index in [1.807, 2.05) is 7.05 Å². The van der Waals surface area contributed by atoms with Gasteiger partial charge in [-0.05, 0) is 20.8 Å². The molecule has 0 aliphatic rings. The largest absolute Gasteiger partial charge is 0.467 e. The van der Waals surface area contributed by atoms with Crippen LogP contribution in [0, 0.1) is 0 Å². The fourth-order valence-electron chi connectivity index (χ4n) is 1.58. The summed E-state index contributed by atoms with van der Waals surface area (Å²) in [6.45, 7) is 5.25. The Balaban J connectivity index is 2.73. The molecule has 0 radical (unpaired) electrons. The quantitative estimate of drug-likeness (QED) is 0.834. The van der Waals surface area contributed by atoms with Crippen LogP contribution in [-0.2, 0) is 27.7 Å². The molecule has 7 heteroatoms. The lowest BCUT2D eigenvalue weighted by molar-refractivity contribution is -0.143. The van der Waals surface area contributed by atoms with Crippen LogP contribution in [0.3, 0.4) is 0 Å². The van der Waals surface area contributed by atoms with Crippen molar-refractivity contribution < 1.29 is 19.1 Å². The van der Waals surface area contributed by atoms with Crippen molar-refractivity contribution in [3.63, 3.8) is 0 Å².